The number of aromatic nitrogens is 3. The second-order valence-corrected chi connectivity index (χ2v) is 6.13. The molecule has 0 radical (unpaired) electrons. The number of aryl methyl sites for hydroxylation is 2. The Kier molecular flexibility index (Phi) is 5.31. The number of amides is 1. The van der Waals surface area contributed by atoms with Crippen LogP contribution in [0.4, 0.5) is 0 Å². The molecule has 6 nitrogen and oxygen atoms in total. The number of carbonyl (C=O) groups is 1. The monoisotopic (exact) mass is 350 g/mol. The molecule has 0 saturated carbocycles. The molecule has 0 aliphatic carbocycles. The molecule has 0 bridgehead atoms. The predicted octanol–water partition coefficient (Wildman–Crippen LogP) is 2.97. The van der Waals surface area contributed by atoms with Gasteiger partial charge in [0.25, 0.3) is 5.91 Å². The van der Waals surface area contributed by atoms with Gasteiger partial charge in [-0.2, -0.15) is 5.10 Å². The van der Waals surface area contributed by atoms with Crippen LogP contribution in [0.25, 0.3) is 0 Å². The standard InChI is InChI=1S/C20H22N4O2/c1-15-19(14-23(2)22-15)20(25)24(13-17-6-4-5-11-21-17)12-16-7-9-18(26-3)10-8-16/h4-11,14H,12-13H2,1-3H3. The fourth-order valence-electron chi connectivity index (χ4n) is 2.82. The summed E-state index contributed by atoms with van der Waals surface area (Å²) in [4.78, 5) is 19.3. The summed E-state index contributed by atoms with van der Waals surface area (Å²) in [5.74, 6) is 0.733. The molecule has 1 aromatic carbocycles. The van der Waals surface area contributed by atoms with Gasteiger partial charge in [-0.15, -0.1) is 0 Å². The van der Waals surface area contributed by atoms with Crippen molar-refractivity contribution in [3.63, 3.8) is 0 Å². The molecule has 0 spiro atoms. The van der Waals surface area contributed by atoms with E-state index in [9.17, 15) is 4.79 Å². The lowest BCUT2D eigenvalue weighted by atomic mass is 10.1. The van der Waals surface area contributed by atoms with E-state index in [1.54, 1.807) is 29.1 Å². The van der Waals surface area contributed by atoms with Crippen molar-refractivity contribution in [2.75, 3.05) is 7.11 Å². The molecule has 2 aromatic heterocycles. The van der Waals surface area contributed by atoms with Crippen LogP contribution >= 0.6 is 0 Å². The second-order valence-electron chi connectivity index (χ2n) is 6.13. The van der Waals surface area contributed by atoms with Crippen LogP contribution in [0.5, 0.6) is 5.75 Å². The predicted molar refractivity (Wildman–Crippen MR) is 98.8 cm³/mol. The second kappa shape index (κ2) is 7.82. The highest BCUT2D eigenvalue weighted by Gasteiger charge is 2.21. The minimum atomic E-state index is -0.0583. The number of ether oxygens (including phenoxy) is 1. The van der Waals surface area contributed by atoms with E-state index in [0.717, 1.165) is 22.7 Å². The van der Waals surface area contributed by atoms with Crippen molar-refractivity contribution in [3.05, 3.63) is 77.4 Å². The molecule has 0 fully saturated rings. The van der Waals surface area contributed by atoms with Crippen molar-refractivity contribution in [1.29, 1.82) is 0 Å². The number of hydrogen-bond acceptors (Lipinski definition) is 4. The lowest BCUT2D eigenvalue weighted by Crippen LogP contribution is -2.30. The zero-order chi connectivity index (χ0) is 18.5. The molecule has 26 heavy (non-hydrogen) atoms. The van der Waals surface area contributed by atoms with Gasteiger partial charge >= 0.3 is 0 Å². The molecular formula is C20H22N4O2. The van der Waals surface area contributed by atoms with Crippen molar-refractivity contribution >= 4 is 5.91 Å². The lowest BCUT2D eigenvalue weighted by molar-refractivity contribution is 0.0727. The SMILES string of the molecule is COc1ccc(CN(Cc2ccccn2)C(=O)c2cn(C)nc2C)cc1. The van der Waals surface area contributed by atoms with E-state index in [4.69, 9.17) is 4.74 Å². The molecule has 0 aliphatic rings. The number of benzene rings is 1. The van der Waals surface area contributed by atoms with Gasteiger partial charge in [0.05, 0.1) is 30.6 Å². The molecule has 0 unspecified atom stereocenters. The average Bonchev–Trinajstić information content (AvgIpc) is 3.00. The number of pyridine rings is 1. The summed E-state index contributed by atoms with van der Waals surface area (Å²) in [5, 5.41) is 4.29. The molecule has 0 N–H and O–H groups in total. The number of rotatable bonds is 6. The number of carbonyl (C=O) groups excluding carboxylic acids is 1. The van der Waals surface area contributed by atoms with Gasteiger partial charge in [0, 0.05) is 26.0 Å². The minimum absolute atomic E-state index is 0.0583. The first-order valence-electron chi connectivity index (χ1n) is 8.39. The van der Waals surface area contributed by atoms with Crippen molar-refractivity contribution in [2.24, 2.45) is 7.05 Å². The summed E-state index contributed by atoms with van der Waals surface area (Å²) in [5.41, 5.74) is 3.20. The first-order valence-corrected chi connectivity index (χ1v) is 8.39. The largest absolute Gasteiger partial charge is 0.497 e. The molecule has 0 aliphatic heterocycles. The molecule has 0 saturated heterocycles. The molecule has 134 valence electrons. The zero-order valence-electron chi connectivity index (χ0n) is 15.2. The summed E-state index contributed by atoms with van der Waals surface area (Å²) >= 11 is 0. The quantitative estimate of drug-likeness (QED) is 0.686. The van der Waals surface area contributed by atoms with Gasteiger partial charge < -0.3 is 9.64 Å². The van der Waals surface area contributed by atoms with E-state index >= 15 is 0 Å². The van der Waals surface area contributed by atoms with Crippen LogP contribution in [0.3, 0.4) is 0 Å². The highest BCUT2D eigenvalue weighted by atomic mass is 16.5. The molecule has 0 atom stereocenters. The van der Waals surface area contributed by atoms with Gasteiger partial charge in [0.1, 0.15) is 5.75 Å². The Balaban J connectivity index is 1.87. The Morgan fingerprint density at radius 1 is 1.15 bits per heavy atom. The van der Waals surface area contributed by atoms with E-state index in [2.05, 4.69) is 10.1 Å². The molecule has 6 heteroatoms. The Bertz CT molecular complexity index is 873. The van der Waals surface area contributed by atoms with Crippen LogP contribution in [-0.4, -0.2) is 32.7 Å². The van der Waals surface area contributed by atoms with Crippen molar-refractivity contribution in [3.8, 4) is 5.75 Å². The van der Waals surface area contributed by atoms with Crippen molar-refractivity contribution in [1.82, 2.24) is 19.7 Å². The van der Waals surface area contributed by atoms with Gasteiger partial charge in [0.15, 0.2) is 0 Å². The van der Waals surface area contributed by atoms with Crippen LogP contribution < -0.4 is 4.74 Å². The maximum absolute atomic E-state index is 13.1. The maximum atomic E-state index is 13.1. The topological polar surface area (TPSA) is 60.2 Å². The van der Waals surface area contributed by atoms with Gasteiger partial charge in [-0.05, 0) is 36.8 Å². The number of methoxy groups -OCH3 is 1. The third kappa shape index (κ3) is 4.08. The van der Waals surface area contributed by atoms with E-state index in [1.165, 1.54) is 0 Å². The van der Waals surface area contributed by atoms with Crippen LogP contribution in [-0.2, 0) is 20.1 Å². The molecule has 1 amide bonds. The third-order valence-electron chi connectivity index (χ3n) is 4.14. The summed E-state index contributed by atoms with van der Waals surface area (Å²) < 4.78 is 6.87. The molecule has 3 aromatic rings. The lowest BCUT2D eigenvalue weighted by Gasteiger charge is -2.22. The first kappa shape index (κ1) is 17.7. The third-order valence-corrected chi connectivity index (χ3v) is 4.14. The van der Waals surface area contributed by atoms with Crippen LogP contribution in [0.1, 0.15) is 27.3 Å². The van der Waals surface area contributed by atoms with E-state index in [-0.39, 0.29) is 5.91 Å². The molecule has 3 rings (SSSR count). The highest BCUT2D eigenvalue weighted by molar-refractivity contribution is 5.95. The minimum Gasteiger partial charge on any atom is -0.497 e. The van der Waals surface area contributed by atoms with Gasteiger partial charge in [-0.3, -0.25) is 14.5 Å². The smallest absolute Gasteiger partial charge is 0.257 e. The Morgan fingerprint density at radius 2 is 1.92 bits per heavy atom. The normalized spacial score (nSPS) is 10.6. The summed E-state index contributed by atoms with van der Waals surface area (Å²) in [7, 11) is 3.45. The number of hydrogen-bond donors (Lipinski definition) is 0. The molecule has 2 heterocycles. The zero-order valence-corrected chi connectivity index (χ0v) is 15.2. The van der Waals surface area contributed by atoms with Gasteiger partial charge in [0.2, 0.25) is 0 Å². The van der Waals surface area contributed by atoms with Crippen molar-refractivity contribution in [2.45, 2.75) is 20.0 Å². The van der Waals surface area contributed by atoms with Crippen LogP contribution in [0.2, 0.25) is 0 Å². The Labute approximate surface area is 153 Å². The van der Waals surface area contributed by atoms with Crippen molar-refractivity contribution < 1.29 is 9.53 Å². The van der Waals surface area contributed by atoms with E-state index in [0.29, 0.717) is 18.7 Å². The highest BCUT2D eigenvalue weighted by Crippen LogP contribution is 2.17. The van der Waals surface area contributed by atoms with Gasteiger partial charge in [-0.1, -0.05) is 18.2 Å². The van der Waals surface area contributed by atoms with Gasteiger partial charge in [-0.25, -0.2) is 0 Å². The van der Waals surface area contributed by atoms with Crippen LogP contribution in [0.15, 0.2) is 54.9 Å². The van der Waals surface area contributed by atoms with E-state index in [1.807, 2.05) is 56.4 Å². The first-order chi connectivity index (χ1) is 12.6. The molecular weight excluding hydrogens is 328 g/mol. The maximum Gasteiger partial charge on any atom is 0.257 e. The Hall–Kier alpha value is -3.15. The van der Waals surface area contributed by atoms with E-state index < -0.39 is 0 Å². The summed E-state index contributed by atoms with van der Waals surface area (Å²) in [6.07, 6.45) is 3.50. The average molecular weight is 350 g/mol. The number of nitrogens with zero attached hydrogens (tertiary/aromatic N) is 4. The Morgan fingerprint density at radius 3 is 2.50 bits per heavy atom. The fourth-order valence-corrected chi connectivity index (χ4v) is 2.82. The fraction of sp³-hybridized carbons (Fsp3) is 0.250. The van der Waals surface area contributed by atoms with Crippen LogP contribution in [0, 0.1) is 6.92 Å². The summed E-state index contributed by atoms with van der Waals surface area (Å²) in [6.45, 7) is 2.76. The summed E-state index contributed by atoms with van der Waals surface area (Å²) in [6, 6.07) is 13.4.